The summed E-state index contributed by atoms with van der Waals surface area (Å²) in [5.41, 5.74) is 9.28. The van der Waals surface area contributed by atoms with Gasteiger partial charge in [0.05, 0.1) is 6.04 Å². The summed E-state index contributed by atoms with van der Waals surface area (Å²) in [7, 11) is 0. The molecule has 1 heteroatoms. The van der Waals surface area contributed by atoms with E-state index in [0.29, 0.717) is 6.04 Å². The molecule has 0 saturated heterocycles. The number of rotatable bonds is 1. The molecule has 1 nitrogen and oxygen atoms in total. The zero-order chi connectivity index (χ0) is 15.2. The molecule has 2 aromatic carbocycles. The molecule has 0 fully saturated rings. The van der Waals surface area contributed by atoms with Gasteiger partial charge in [-0.3, -0.25) is 0 Å². The maximum Gasteiger partial charge on any atom is 0.0582 e. The predicted octanol–water partition coefficient (Wildman–Crippen LogP) is 5.18. The molecule has 23 heavy (non-hydrogen) atoms. The third-order valence-electron chi connectivity index (χ3n) is 5.67. The number of aromatic nitrogens is 1. The van der Waals surface area contributed by atoms with E-state index in [1.54, 1.807) is 16.7 Å². The number of nitrogens with zero attached hydrogens (tertiary/aromatic N) is 1. The molecule has 114 valence electrons. The van der Waals surface area contributed by atoms with E-state index in [-0.39, 0.29) is 0 Å². The van der Waals surface area contributed by atoms with Gasteiger partial charge in [-0.15, -0.1) is 0 Å². The van der Waals surface area contributed by atoms with Crippen molar-refractivity contribution in [3.8, 4) is 11.1 Å². The van der Waals surface area contributed by atoms with Gasteiger partial charge in [0.25, 0.3) is 0 Å². The summed E-state index contributed by atoms with van der Waals surface area (Å²) in [5.74, 6) is 0. The van der Waals surface area contributed by atoms with Crippen LogP contribution in [0.25, 0.3) is 11.1 Å². The molecular weight excluding hydrogens is 278 g/mol. The fraction of sp³-hybridized carbons (Fsp3) is 0.273. The highest BCUT2D eigenvalue weighted by Crippen LogP contribution is 2.42. The van der Waals surface area contributed by atoms with Gasteiger partial charge in [-0.05, 0) is 77.6 Å². The number of fused-ring (bicyclic) bond motifs is 5. The molecule has 1 aromatic heterocycles. The van der Waals surface area contributed by atoms with Crippen molar-refractivity contribution in [1.82, 2.24) is 4.57 Å². The second-order valence-corrected chi connectivity index (χ2v) is 6.85. The van der Waals surface area contributed by atoms with Crippen LogP contribution in [0.2, 0.25) is 0 Å². The highest BCUT2D eigenvalue weighted by Gasteiger charge is 2.26. The fourth-order valence-electron chi connectivity index (χ4n) is 4.61. The summed E-state index contributed by atoms with van der Waals surface area (Å²) in [6.45, 7) is 0. The van der Waals surface area contributed by atoms with Crippen molar-refractivity contribution in [3.63, 3.8) is 0 Å². The Labute approximate surface area is 137 Å². The van der Waals surface area contributed by atoms with Gasteiger partial charge in [0, 0.05) is 12.4 Å². The molecule has 0 spiro atoms. The average Bonchev–Trinajstić information content (AvgIpc) is 3.15. The molecule has 1 atom stereocenters. The molecule has 1 unspecified atom stereocenters. The lowest BCUT2D eigenvalue weighted by Crippen LogP contribution is -2.19. The van der Waals surface area contributed by atoms with E-state index in [1.807, 2.05) is 0 Å². The van der Waals surface area contributed by atoms with E-state index < -0.39 is 0 Å². The summed E-state index contributed by atoms with van der Waals surface area (Å²) in [6, 6.07) is 18.5. The lowest BCUT2D eigenvalue weighted by molar-refractivity contribution is 0.489. The summed E-state index contributed by atoms with van der Waals surface area (Å²) in [4.78, 5) is 0. The molecule has 0 N–H and O–H groups in total. The number of aryl methyl sites for hydroxylation is 1. The lowest BCUT2D eigenvalue weighted by Gasteiger charge is -2.32. The van der Waals surface area contributed by atoms with Crippen LogP contribution in [0.4, 0.5) is 0 Å². The summed E-state index contributed by atoms with van der Waals surface area (Å²) < 4.78 is 2.39. The number of hydrogen-bond donors (Lipinski definition) is 0. The van der Waals surface area contributed by atoms with E-state index >= 15 is 0 Å². The average molecular weight is 299 g/mol. The topological polar surface area (TPSA) is 4.93 Å². The van der Waals surface area contributed by atoms with Gasteiger partial charge >= 0.3 is 0 Å². The molecular formula is C22H21N. The summed E-state index contributed by atoms with van der Waals surface area (Å²) in [5, 5.41) is 0. The Morgan fingerprint density at radius 3 is 2.52 bits per heavy atom. The first kappa shape index (κ1) is 13.2. The van der Waals surface area contributed by atoms with Gasteiger partial charge in [0.1, 0.15) is 0 Å². The second kappa shape index (κ2) is 5.13. The highest BCUT2D eigenvalue weighted by molar-refractivity contribution is 5.75. The number of benzene rings is 2. The first-order valence-corrected chi connectivity index (χ1v) is 8.77. The Morgan fingerprint density at radius 2 is 1.61 bits per heavy atom. The standard InChI is InChI=1S/C22H21N/c1-2-7-17-16(6-1)10-11-20-18-8-5-9-22(23-14-3-4-15-23)21(18)13-12-19(17)20/h1-4,6-7,12-15,22H,5,8-11H2. The molecule has 2 aliphatic rings. The van der Waals surface area contributed by atoms with Crippen LogP contribution in [0.3, 0.4) is 0 Å². The highest BCUT2D eigenvalue weighted by atomic mass is 15.0. The molecule has 0 radical (unpaired) electrons. The van der Waals surface area contributed by atoms with Crippen LogP contribution in [0.1, 0.15) is 41.1 Å². The third-order valence-corrected chi connectivity index (χ3v) is 5.67. The second-order valence-electron chi connectivity index (χ2n) is 6.85. The van der Waals surface area contributed by atoms with E-state index in [9.17, 15) is 0 Å². The van der Waals surface area contributed by atoms with E-state index in [0.717, 1.165) is 0 Å². The monoisotopic (exact) mass is 299 g/mol. The van der Waals surface area contributed by atoms with Crippen molar-refractivity contribution >= 4 is 0 Å². The third kappa shape index (κ3) is 1.99. The van der Waals surface area contributed by atoms with Gasteiger partial charge in [-0.25, -0.2) is 0 Å². The smallest absolute Gasteiger partial charge is 0.0582 e. The zero-order valence-electron chi connectivity index (χ0n) is 13.3. The summed E-state index contributed by atoms with van der Waals surface area (Å²) in [6.07, 6.45) is 10.6. The minimum atomic E-state index is 0.524. The maximum atomic E-state index is 2.40. The van der Waals surface area contributed by atoms with E-state index in [1.165, 1.54) is 48.8 Å². The summed E-state index contributed by atoms with van der Waals surface area (Å²) >= 11 is 0. The van der Waals surface area contributed by atoms with Crippen LogP contribution in [-0.4, -0.2) is 4.57 Å². The van der Waals surface area contributed by atoms with Gasteiger partial charge in [0.2, 0.25) is 0 Å². The quantitative estimate of drug-likeness (QED) is 0.583. The van der Waals surface area contributed by atoms with Crippen LogP contribution in [0.5, 0.6) is 0 Å². The van der Waals surface area contributed by atoms with Crippen molar-refractivity contribution in [1.29, 1.82) is 0 Å². The minimum Gasteiger partial charge on any atom is -0.347 e. The predicted molar refractivity (Wildman–Crippen MR) is 94.8 cm³/mol. The van der Waals surface area contributed by atoms with Gasteiger partial charge in [-0.1, -0.05) is 36.4 Å². The Morgan fingerprint density at radius 1 is 0.739 bits per heavy atom. The van der Waals surface area contributed by atoms with Crippen LogP contribution < -0.4 is 0 Å². The van der Waals surface area contributed by atoms with E-state index in [4.69, 9.17) is 0 Å². The zero-order valence-corrected chi connectivity index (χ0v) is 13.3. The molecule has 2 aliphatic carbocycles. The van der Waals surface area contributed by atoms with Crippen molar-refractivity contribution in [3.05, 3.63) is 83.2 Å². The normalized spacial score (nSPS) is 18.9. The Hall–Kier alpha value is -2.28. The molecule has 3 aromatic rings. The van der Waals surface area contributed by atoms with Crippen molar-refractivity contribution < 1.29 is 0 Å². The molecule has 0 bridgehead atoms. The molecule has 0 saturated carbocycles. The maximum absolute atomic E-state index is 2.40. The Kier molecular flexibility index (Phi) is 2.94. The lowest BCUT2D eigenvalue weighted by atomic mass is 9.77. The first-order chi connectivity index (χ1) is 11.4. The first-order valence-electron chi connectivity index (χ1n) is 8.77. The van der Waals surface area contributed by atoms with Gasteiger partial charge < -0.3 is 4.57 Å². The van der Waals surface area contributed by atoms with Crippen LogP contribution in [-0.2, 0) is 19.3 Å². The van der Waals surface area contributed by atoms with Crippen molar-refractivity contribution in [2.45, 2.75) is 38.1 Å². The van der Waals surface area contributed by atoms with Gasteiger partial charge in [0.15, 0.2) is 0 Å². The molecule has 0 aliphatic heterocycles. The van der Waals surface area contributed by atoms with Crippen LogP contribution in [0, 0.1) is 0 Å². The van der Waals surface area contributed by atoms with Crippen molar-refractivity contribution in [2.75, 3.05) is 0 Å². The van der Waals surface area contributed by atoms with Gasteiger partial charge in [-0.2, -0.15) is 0 Å². The Balaban J connectivity index is 1.69. The SMILES string of the molecule is c1ccc2c(c1)CCc1c-2ccc2c1CCCC2n1cccc1. The van der Waals surface area contributed by atoms with Crippen LogP contribution in [0.15, 0.2) is 60.9 Å². The molecule has 5 rings (SSSR count). The molecule has 0 amide bonds. The van der Waals surface area contributed by atoms with E-state index in [2.05, 4.69) is 65.5 Å². The van der Waals surface area contributed by atoms with Crippen LogP contribution >= 0.6 is 0 Å². The fourth-order valence-corrected chi connectivity index (χ4v) is 4.61. The van der Waals surface area contributed by atoms with Crippen molar-refractivity contribution in [2.24, 2.45) is 0 Å². The Bertz CT molecular complexity index is 858. The molecule has 1 heterocycles. The minimum absolute atomic E-state index is 0.524. The largest absolute Gasteiger partial charge is 0.347 e. The number of hydrogen-bond acceptors (Lipinski definition) is 0.